The number of hydrogen-bond acceptors (Lipinski definition) is 5. The highest BCUT2D eigenvalue weighted by Crippen LogP contribution is 2.34. The number of hydrogen-bond donors (Lipinski definition) is 0. The van der Waals surface area contributed by atoms with E-state index in [1.54, 1.807) is 19.1 Å². The van der Waals surface area contributed by atoms with Crippen molar-refractivity contribution in [1.29, 1.82) is 0 Å². The molecule has 0 aliphatic rings. The first-order chi connectivity index (χ1) is 13.1. The number of nitrogens with zero attached hydrogens (tertiary/aromatic N) is 1. The number of alkyl halides is 2. The van der Waals surface area contributed by atoms with Gasteiger partial charge in [-0.2, -0.15) is 8.78 Å². The van der Waals surface area contributed by atoms with Crippen LogP contribution in [-0.2, 0) is 9.84 Å². The van der Waals surface area contributed by atoms with E-state index in [1.807, 2.05) is 0 Å². The SMILES string of the molecule is COc1cccc(C(=O)N(C)C(C)c2ccc(S(C)(=O)=O)cc2)c1OC(F)F. The number of rotatable bonds is 7. The second-order valence-electron chi connectivity index (χ2n) is 6.15. The molecule has 0 saturated carbocycles. The zero-order chi connectivity index (χ0) is 21.1. The number of methoxy groups -OCH3 is 1. The Bertz CT molecular complexity index is 945. The van der Waals surface area contributed by atoms with Crippen LogP contribution in [0.25, 0.3) is 0 Å². The van der Waals surface area contributed by atoms with E-state index < -0.39 is 28.4 Å². The molecule has 2 rings (SSSR count). The Morgan fingerprint density at radius 1 is 1.11 bits per heavy atom. The Morgan fingerprint density at radius 3 is 2.21 bits per heavy atom. The standard InChI is InChI=1S/C19H21F2NO5S/c1-12(13-8-10-14(11-9-13)28(4,24)25)22(2)18(23)15-6-5-7-16(26-3)17(15)27-19(20)21/h5-12,19H,1-4H3. The highest BCUT2D eigenvalue weighted by atomic mass is 32.2. The first-order valence-electron chi connectivity index (χ1n) is 8.25. The maximum atomic E-state index is 12.9. The summed E-state index contributed by atoms with van der Waals surface area (Å²) in [4.78, 5) is 14.4. The van der Waals surface area contributed by atoms with Gasteiger partial charge in [0, 0.05) is 13.3 Å². The van der Waals surface area contributed by atoms with Crippen LogP contribution in [0.5, 0.6) is 11.5 Å². The van der Waals surface area contributed by atoms with Crippen molar-refractivity contribution in [3.63, 3.8) is 0 Å². The fourth-order valence-electron chi connectivity index (χ4n) is 2.64. The van der Waals surface area contributed by atoms with E-state index in [4.69, 9.17) is 4.74 Å². The second-order valence-corrected chi connectivity index (χ2v) is 8.16. The van der Waals surface area contributed by atoms with Crippen LogP contribution < -0.4 is 9.47 Å². The maximum absolute atomic E-state index is 12.9. The summed E-state index contributed by atoms with van der Waals surface area (Å²) in [6.45, 7) is -1.38. The summed E-state index contributed by atoms with van der Waals surface area (Å²) in [6.07, 6.45) is 1.11. The van der Waals surface area contributed by atoms with Crippen LogP contribution in [-0.4, -0.2) is 46.2 Å². The van der Waals surface area contributed by atoms with Crippen molar-refractivity contribution in [2.24, 2.45) is 0 Å². The number of halogens is 2. The third-order valence-electron chi connectivity index (χ3n) is 4.33. The highest BCUT2D eigenvalue weighted by Gasteiger charge is 2.25. The topological polar surface area (TPSA) is 72.9 Å². The van der Waals surface area contributed by atoms with Gasteiger partial charge in [0.2, 0.25) is 0 Å². The molecule has 152 valence electrons. The van der Waals surface area contributed by atoms with E-state index in [0.717, 1.165) is 6.26 Å². The Balaban J connectivity index is 2.34. The molecule has 0 saturated heterocycles. The van der Waals surface area contributed by atoms with Gasteiger partial charge in [-0.25, -0.2) is 8.42 Å². The second kappa shape index (κ2) is 8.55. The molecule has 0 aliphatic carbocycles. The van der Waals surface area contributed by atoms with Crippen molar-refractivity contribution < 1.29 is 31.5 Å². The Labute approximate surface area is 162 Å². The summed E-state index contributed by atoms with van der Waals surface area (Å²) in [5.74, 6) is -0.865. The van der Waals surface area contributed by atoms with Crippen LogP contribution in [0.4, 0.5) is 8.78 Å². The fraction of sp³-hybridized carbons (Fsp3) is 0.316. The van der Waals surface area contributed by atoms with Crippen LogP contribution in [0.1, 0.15) is 28.9 Å². The number of sulfone groups is 1. The van der Waals surface area contributed by atoms with Gasteiger partial charge < -0.3 is 14.4 Å². The molecule has 2 aromatic carbocycles. The van der Waals surface area contributed by atoms with Gasteiger partial charge >= 0.3 is 6.61 Å². The number of ether oxygens (including phenoxy) is 2. The summed E-state index contributed by atoms with van der Waals surface area (Å²) < 4.78 is 58.3. The van der Waals surface area contributed by atoms with Crippen molar-refractivity contribution in [2.75, 3.05) is 20.4 Å². The first kappa shape index (κ1) is 21.6. The Morgan fingerprint density at radius 2 is 1.71 bits per heavy atom. The summed E-state index contributed by atoms with van der Waals surface area (Å²) in [5.41, 5.74) is 0.615. The molecule has 1 atom stereocenters. The van der Waals surface area contributed by atoms with Crippen LogP contribution in [0.2, 0.25) is 0 Å². The molecule has 0 aliphatic heterocycles. The summed E-state index contributed by atoms with van der Waals surface area (Å²) in [7, 11) is -0.525. The lowest BCUT2D eigenvalue weighted by Gasteiger charge is -2.26. The zero-order valence-corrected chi connectivity index (χ0v) is 16.7. The molecule has 28 heavy (non-hydrogen) atoms. The minimum atomic E-state index is -3.33. The van der Waals surface area contributed by atoms with Gasteiger partial charge in [0.15, 0.2) is 21.3 Å². The third-order valence-corrected chi connectivity index (χ3v) is 5.46. The van der Waals surface area contributed by atoms with Gasteiger partial charge in [0.05, 0.1) is 23.6 Å². The smallest absolute Gasteiger partial charge is 0.387 e. The van der Waals surface area contributed by atoms with Crippen molar-refractivity contribution in [3.8, 4) is 11.5 Å². The van der Waals surface area contributed by atoms with Gasteiger partial charge in [-0.05, 0) is 36.8 Å². The fourth-order valence-corrected chi connectivity index (χ4v) is 3.27. The average Bonchev–Trinajstić information content (AvgIpc) is 2.65. The number of amides is 1. The van der Waals surface area contributed by atoms with Crippen molar-refractivity contribution in [1.82, 2.24) is 4.90 Å². The highest BCUT2D eigenvalue weighted by molar-refractivity contribution is 7.90. The molecule has 0 radical (unpaired) electrons. The zero-order valence-electron chi connectivity index (χ0n) is 15.8. The number of carbonyl (C=O) groups excluding carboxylic acids is 1. The third kappa shape index (κ3) is 4.78. The van der Waals surface area contributed by atoms with E-state index in [-0.39, 0.29) is 22.0 Å². The molecule has 0 bridgehead atoms. The van der Waals surface area contributed by atoms with E-state index in [1.165, 1.54) is 49.4 Å². The van der Waals surface area contributed by atoms with Crippen LogP contribution in [0, 0.1) is 0 Å². The minimum Gasteiger partial charge on any atom is -0.493 e. The normalized spacial score (nSPS) is 12.5. The summed E-state index contributed by atoms with van der Waals surface area (Å²) >= 11 is 0. The van der Waals surface area contributed by atoms with Crippen LogP contribution in [0.3, 0.4) is 0 Å². The molecular weight excluding hydrogens is 392 g/mol. The molecule has 2 aromatic rings. The van der Waals surface area contributed by atoms with Crippen molar-refractivity contribution in [2.45, 2.75) is 24.5 Å². The van der Waals surface area contributed by atoms with Gasteiger partial charge in [-0.15, -0.1) is 0 Å². The lowest BCUT2D eigenvalue weighted by atomic mass is 10.1. The summed E-state index contributed by atoms with van der Waals surface area (Å²) in [6, 6.07) is 9.96. The molecule has 0 fully saturated rings. The molecule has 1 amide bonds. The monoisotopic (exact) mass is 413 g/mol. The molecule has 9 heteroatoms. The quantitative estimate of drug-likeness (QED) is 0.694. The van der Waals surface area contributed by atoms with Gasteiger partial charge in [0.1, 0.15) is 0 Å². The average molecular weight is 413 g/mol. The lowest BCUT2D eigenvalue weighted by Crippen LogP contribution is -2.30. The molecule has 6 nitrogen and oxygen atoms in total. The van der Waals surface area contributed by atoms with Gasteiger partial charge in [-0.3, -0.25) is 4.79 Å². The molecule has 0 N–H and O–H groups in total. The van der Waals surface area contributed by atoms with Gasteiger partial charge in [-0.1, -0.05) is 18.2 Å². The number of carbonyl (C=O) groups is 1. The van der Waals surface area contributed by atoms with E-state index in [0.29, 0.717) is 5.56 Å². The predicted molar refractivity (Wildman–Crippen MR) is 99.7 cm³/mol. The van der Waals surface area contributed by atoms with E-state index in [9.17, 15) is 22.0 Å². The van der Waals surface area contributed by atoms with Crippen molar-refractivity contribution >= 4 is 15.7 Å². The molecule has 0 heterocycles. The predicted octanol–water partition coefficient (Wildman–Crippen LogP) is 3.53. The van der Waals surface area contributed by atoms with E-state index >= 15 is 0 Å². The number of benzene rings is 2. The first-order valence-corrected chi connectivity index (χ1v) is 10.1. The molecular formula is C19H21F2NO5S. The molecule has 0 aromatic heterocycles. The van der Waals surface area contributed by atoms with E-state index in [2.05, 4.69) is 4.74 Å². The molecule has 0 spiro atoms. The molecule has 1 unspecified atom stereocenters. The van der Waals surface area contributed by atoms with Gasteiger partial charge in [0.25, 0.3) is 5.91 Å². The Hall–Kier alpha value is -2.68. The largest absolute Gasteiger partial charge is 0.493 e. The summed E-state index contributed by atoms with van der Waals surface area (Å²) in [5, 5.41) is 0. The maximum Gasteiger partial charge on any atom is 0.387 e. The lowest BCUT2D eigenvalue weighted by molar-refractivity contribution is -0.0516. The van der Waals surface area contributed by atoms with Crippen molar-refractivity contribution in [3.05, 3.63) is 53.6 Å². The minimum absolute atomic E-state index is 0.0182. The van der Waals surface area contributed by atoms with Crippen LogP contribution >= 0.6 is 0 Å². The van der Waals surface area contributed by atoms with Crippen LogP contribution in [0.15, 0.2) is 47.4 Å². The number of para-hydroxylation sites is 1. The Kier molecular flexibility index (Phi) is 6.60.